The first-order valence-corrected chi connectivity index (χ1v) is 12.1. The SMILES string of the molecule is C[C@]1(C(=O)O)O[C@H]2O[C@H](CO)[C@@H](O[C@@H]3O[C@H](CO)[C@H](O[C@H]4O[C@H](CO)[C@H](O)[C@H](O)[C@H]4O)[C@H](O)[C@H]3O)[C@H](O)[C@H]2O1. The summed E-state index contributed by atoms with van der Waals surface area (Å²) >= 11 is 0. The Morgan fingerprint density at radius 2 is 1.15 bits per heavy atom. The standard InChI is InChI=1S/C21H34O18/c1-21(20(31)32)38-16-13(30)15(7(4-24)35-19(16)39-21)37-18-12(29)10(27)14(6(3-23)34-18)36-17-11(28)9(26)8(25)5(2-22)33-17/h5-19,22-30H,2-4H2,1H3,(H,31,32)/t5-,6-,7-,8+,9+,10-,11-,12-,13+,14+,15-,16-,17-,18+,19-,21-/m1/s1. The molecule has 0 aliphatic carbocycles. The van der Waals surface area contributed by atoms with Gasteiger partial charge in [0.05, 0.1) is 19.8 Å². The fourth-order valence-corrected chi connectivity index (χ4v) is 4.86. The van der Waals surface area contributed by atoms with E-state index in [0.717, 1.165) is 6.92 Å². The smallest absolute Gasteiger partial charge is 0.364 e. The molecule has 0 saturated carbocycles. The highest BCUT2D eigenvalue weighted by molar-refractivity contribution is 5.75. The molecule has 39 heavy (non-hydrogen) atoms. The lowest BCUT2D eigenvalue weighted by Gasteiger charge is -2.47. The van der Waals surface area contributed by atoms with E-state index in [0.29, 0.717) is 0 Å². The van der Waals surface area contributed by atoms with Gasteiger partial charge < -0.3 is 84.2 Å². The highest BCUT2D eigenvalue weighted by Crippen LogP contribution is 2.39. The van der Waals surface area contributed by atoms with E-state index in [4.69, 9.17) is 33.2 Å². The zero-order chi connectivity index (χ0) is 28.8. The Labute approximate surface area is 220 Å². The van der Waals surface area contributed by atoms with E-state index in [-0.39, 0.29) is 0 Å². The number of hydrogen-bond acceptors (Lipinski definition) is 17. The third-order valence-electron chi connectivity index (χ3n) is 7.14. The molecule has 4 aliphatic rings. The van der Waals surface area contributed by atoms with E-state index in [1.165, 1.54) is 0 Å². The van der Waals surface area contributed by atoms with Crippen LogP contribution in [0.2, 0.25) is 0 Å². The Hall–Kier alpha value is -1.17. The van der Waals surface area contributed by atoms with Crippen molar-refractivity contribution in [1.29, 1.82) is 0 Å². The molecular weight excluding hydrogens is 540 g/mol. The third-order valence-corrected chi connectivity index (χ3v) is 7.14. The minimum Gasteiger partial charge on any atom is -0.477 e. The molecule has 226 valence electrons. The molecule has 0 unspecified atom stereocenters. The number of aliphatic hydroxyl groups is 9. The highest BCUT2D eigenvalue weighted by atomic mass is 16.8. The van der Waals surface area contributed by atoms with Gasteiger partial charge in [0.25, 0.3) is 5.79 Å². The van der Waals surface area contributed by atoms with Crippen molar-refractivity contribution in [1.82, 2.24) is 0 Å². The van der Waals surface area contributed by atoms with E-state index in [9.17, 15) is 55.9 Å². The van der Waals surface area contributed by atoms with E-state index in [1.54, 1.807) is 0 Å². The Balaban J connectivity index is 1.46. The number of carboxylic acid groups (broad SMARTS) is 1. The molecule has 4 fully saturated rings. The predicted octanol–water partition coefficient (Wildman–Crippen LogP) is -6.71. The van der Waals surface area contributed by atoms with Gasteiger partial charge >= 0.3 is 5.97 Å². The van der Waals surface area contributed by atoms with Crippen LogP contribution in [0.5, 0.6) is 0 Å². The van der Waals surface area contributed by atoms with Crippen LogP contribution < -0.4 is 0 Å². The summed E-state index contributed by atoms with van der Waals surface area (Å²) in [5.74, 6) is -3.67. The maximum absolute atomic E-state index is 11.5. The molecule has 16 atom stereocenters. The zero-order valence-corrected chi connectivity index (χ0v) is 20.5. The largest absolute Gasteiger partial charge is 0.477 e. The lowest BCUT2D eigenvalue weighted by molar-refractivity contribution is -0.374. The molecule has 0 aromatic heterocycles. The predicted molar refractivity (Wildman–Crippen MR) is 115 cm³/mol. The van der Waals surface area contributed by atoms with Crippen LogP contribution >= 0.6 is 0 Å². The summed E-state index contributed by atoms with van der Waals surface area (Å²) in [5, 5.41) is 101. The first-order valence-electron chi connectivity index (χ1n) is 12.1. The second-order valence-corrected chi connectivity index (χ2v) is 9.77. The van der Waals surface area contributed by atoms with Crippen LogP contribution in [0.15, 0.2) is 0 Å². The maximum atomic E-state index is 11.5. The van der Waals surface area contributed by atoms with Gasteiger partial charge in [0.15, 0.2) is 18.9 Å². The Kier molecular flexibility index (Phi) is 9.45. The van der Waals surface area contributed by atoms with E-state index < -0.39 is 124 Å². The number of carboxylic acids is 1. The van der Waals surface area contributed by atoms with Crippen molar-refractivity contribution < 1.29 is 89.0 Å². The fourth-order valence-electron chi connectivity index (χ4n) is 4.86. The Morgan fingerprint density at radius 1 is 0.667 bits per heavy atom. The number of hydrogen-bond donors (Lipinski definition) is 10. The summed E-state index contributed by atoms with van der Waals surface area (Å²) in [6.45, 7) is -1.26. The molecule has 4 rings (SSSR count). The Morgan fingerprint density at radius 3 is 1.69 bits per heavy atom. The molecule has 4 heterocycles. The van der Waals surface area contributed by atoms with Crippen molar-refractivity contribution in [3.8, 4) is 0 Å². The molecule has 0 spiro atoms. The van der Waals surface area contributed by atoms with Gasteiger partial charge in [-0.25, -0.2) is 4.79 Å². The lowest BCUT2D eigenvalue weighted by Crippen LogP contribution is -2.66. The summed E-state index contributed by atoms with van der Waals surface area (Å²) in [7, 11) is 0. The number of carbonyl (C=O) groups is 1. The normalized spacial score (nSPS) is 52.4. The molecular formula is C21H34O18. The second kappa shape index (κ2) is 12.0. The van der Waals surface area contributed by atoms with E-state index >= 15 is 0 Å². The number of fused-ring (bicyclic) bond motifs is 1. The molecule has 0 amide bonds. The van der Waals surface area contributed by atoms with Crippen LogP contribution in [0.1, 0.15) is 6.92 Å². The average molecular weight is 574 g/mol. The monoisotopic (exact) mass is 574 g/mol. The van der Waals surface area contributed by atoms with Gasteiger partial charge in [-0.3, -0.25) is 0 Å². The van der Waals surface area contributed by atoms with Gasteiger partial charge in [0.1, 0.15) is 73.2 Å². The first kappa shape index (κ1) is 30.8. The molecule has 10 N–H and O–H groups in total. The lowest BCUT2D eigenvalue weighted by atomic mass is 9.96. The summed E-state index contributed by atoms with van der Waals surface area (Å²) in [5.41, 5.74) is 0. The van der Waals surface area contributed by atoms with Crippen LogP contribution in [0.3, 0.4) is 0 Å². The summed E-state index contributed by atoms with van der Waals surface area (Å²) in [6.07, 6.45) is -24.3. The van der Waals surface area contributed by atoms with Gasteiger partial charge in [-0.1, -0.05) is 0 Å². The molecule has 0 bridgehead atoms. The minimum atomic E-state index is -2.17. The van der Waals surface area contributed by atoms with Crippen molar-refractivity contribution in [3.05, 3.63) is 0 Å². The molecule has 0 aromatic carbocycles. The van der Waals surface area contributed by atoms with Crippen molar-refractivity contribution in [2.24, 2.45) is 0 Å². The first-order chi connectivity index (χ1) is 18.4. The molecule has 0 radical (unpaired) electrons. The maximum Gasteiger partial charge on any atom is 0.364 e. The minimum absolute atomic E-state index is 0.753. The number of ether oxygens (including phenoxy) is 7. The molecule has 4 saturated heterocycles. The molecule has 0 aromatic rings. The van der Waals surface area contributed by atoms with Crippen LogP contribution in [0, 0.1) is 0 Å². The van der Waals surface area contributed by atoms with Crippen LogP contribution in [-0.2, 0) is 38.0 Å². The molecule has 18 heteroatoms. The molecule has 4 aliphatic heterocycles. The Bertz CT molecular complexity index is 844. The summed E-state index contributed by atoms with van der Waals surface area (Å²) in [4.78, 5) is 11.5. The van der Waals surface area contributed by atoms with Crippen LogP contribution in [-0.4, -0.2) is 175 Å². The average Bonchev–Trinajstić information content (AvgIpc) is 3.27. The highest BCUT2D eigenvalue weighted by Gasteiger charge is 2.60. The summed E-state index contributed by atoms with van der Waals surface area (Å²) < 4.78 is 37.9. The van der Waals surface area contributed by atoms with Crippen LogP contribution in [0.25, 0.3) is 0 Å². The van der Waals surface area contributed by atoms with Crippen molar-refractivity contribution in [3.63, 3.8) is 0 Å². The van der Waals surface area contributed by atoms with E-state index in [1.807, 2.05) is 0 Å². The van der Waals surface area contributed by atoms with Gasteiger partial charge in [-0.15, -0.1) is 0 Å². The van der Waals surface area contributed by atoms with E-state index in [2.05, 4.69) is 0 Å². The quantitative estimate of drug-likeness (QED) is 0.129. The van der Waals surface area contributed by atoms with Gasteiger partial charge in [-0.05, 0) is 0 Å². The van der Waals surface area contributed by atoms with Gasteiger partial charge in [0.2, 0.25) is 0 Å². The van der Waals surface area contributed by atoms with Crippen LogP contribution in [0.4, 0.5) is 0 Å². The van der Waals surface area contributed by atoms with Gasteiger partial charge in [0, 0.05) is 6.92 Å². The van der Waals surface area contributed by atoms with Crippen molar-refractivity contribution in [2.45, 2.75) is 105 Å². The number of aliphatic carboxylic acids is 1. The number of rotatable bonds is 8. The zero-order valence-electron chi connectivity index (χ0n) is 20.5. The topological polar surface area (TPSA) is 284 Å². The number of aliphatic hydroxyl groups excluding tert-OH is 9. The fraction of sp³-hybridized carbons (Fsp3) is 0.952. The van der Waals surface area contributed by atoms with Gasteiger partial charge in [-0.2, -0.15) is 0 Å². The third kappa shape index (κ3) is 5.66. The summed E-state index contributed by atoms with van der Waals surface area (Å²) in [6, 6.07) is 0. The molecule has 18 nitrogen and oxygen atoms in total. The second-order valence-electron chi connectivity index (χ2n) is 9.77. The van der Waals surface area contributed by atoms with Crippen molar-refractivity contribution in [2.75, 3.05) is 19.8 Å². The van der Waals surface area contributed by atoms with Crippen molar-refractivity contribution >= 4 is 5.97 Å².